The molecule has 4 heteroatoms. The first kappa shape index (κ1) is 13.4. The second-order valence-electron chi connectivity index (χ2n) is 4.52. The predicted molar refractivity (Wildman–Crippen MR) is 75.4 cm³/mol. The lowest BCUT2D eigenvalue weighted by Gasteiger charge is -2.12. The van der Waals surface area contributed by atoms with Gasteiger partial charge in [-0.05, 0) is 18.6 Å². The van der Waals surface area contributed by atoms with Gasteiger partial charge in [0.15, 0.2) is 5.58 Å². The molecule has 0 aliphatic carbocycles. The maximum Gasteiger partial charge on any atom is 0.152 e. The van der Waals surface area contributed by atoms with Crippen LogP contribution in [0.4, 0.5) is 0 Å². The summed E-state index contributed by atoms with van der Waals surface area (Å²) in [5.41, 5.74) is 3.56. The fourth-order valence-corrected chi connectivity index (χ4v) is 2.35. The summed E-state index contributed by atoms with van der Waals surface area (Å²) in [6.07, 6.45) is 4.51. The topological polar surface area (TPSA) is 51.2 Å². The maximum atomic E-state index is 6.10. The molecule has 0 bridgehead atoms. The number of hydrazine groups is 1. The van der Waals surface area contributed by atoms with E-state index < -0.39 is 0 Å². The van der Waals surface area contributed by atoms with Crippen LogP contribution in [0.5, 0.6) is 0 Å². The third kappa shape index (κ3) is 2.86. The number of nitrogens with two attached hydrogens (primary N) is 1. The van der Waals surface area contributed by atoms with Crippen LogP contribution in [0.2, 0.25) is 5.02 Å². The van der Waals surface area contributed by atoms with Crippen molar-refractivity contribution in [2.75, 3.05) is 0 Å². The number of rotatable bonds is 6. The average Bonchev–Trinajstić information content (AvgIpc) is 2.80. The third-order valence-corrected chi connectivity index (χ3v) is 3.45. The van der Waals surface area contributed by atoms with Crippen LogP contribution in [0.1, 0.15) is 44.4 Å². The standard InChI is InChI=1S/C14H19ClN2O/c1-2-3-4-8-12(17-16)13-9-10-6-5-7-11(15)14(10)18-13/h5-7,9,12,17H,2-4,8,16H2,1H3. The smallest absolute Gasteiger partial charge is 0.152 e. The van der Waals surface area contributed by atoms with Gasteiger partial charge in [0, 0.05) is 5.39 Å². The molecule has 1 unspecified atom stereocenters. The van der Waals surface area contributed by atoms with Gasteiger partial charge in [0.25, 0.3) is 0 Å². The monoisotopic (exact) mass is 266 g/mol. The minimum Gasteiger partial charge on any atom is -0.458 e. The summed E-state index contributed by atoms with van der Waals surface area (Å²) in [6, 6.07) is 7.82. The molecule has 0 radical (unpaired) electrons. The van der Waals surface area contributed by atoms with E-state index in [2.05, 4.69) is 12.3 Å². The van der Waals surface area contributed by atoms with Crippen LogP contribution in [-0.2, 0) is 0 Å². The van der Waals surface area contributed by atoms with E-state index in [1.165, 1.54) is 12.8 Å². The first-order valence-electron chi connectivity index (χ1n) is 6.40. The van der Waals surface area contributed by atoms with E-state index in [-0.39, 0.29) is 6.04 Å². The Bertz CT molecular complexity index is 509. The van der Waals surface area contributed by atoms with Gasteiger partial charge in [-0.2, -0.15) is 0 Å². The van der Waals surface area contributed by atoms with Crippen molar-refractivity contribution in [3.05, 3.63) is 35.0 Å². The summed E-state index contributed by atoms with van der Waals surface area (Å²) >= 11 is 6.10. The first-order valence-corrected chi connectivity index (χ1v) is 6.78. The Morgan fingerprint density at radius 2 is 2.22 bits per heavy atom. The minimum atomic E-state index is 0.0556. The highest BCUT2D eigenvalue weighted by Gasteiger charge is 2.15. The molecule has 1 aromatic carbocycles. The molecular weight excluding hydrogens is 248 g/mol. The molecule has 18 heavy (non-hydrogen) atoms. The number of hydrogen-bond donors (Lipinski definition) is 2. The molecule has 0 spiro atoms. The van der Waals surface area contributed by atoms with Gasteiger partial charge in [0.1, 0.15) is 5.76 Å². The lowest BCUT2D eigenvalue weighted by Crippen LogP contribution is -2.27. The van der Waals surface area contributed by atoms with Crippen LogP contribution in [-0.4, -0.2) is 0 Å². The molecular formula is C14H19ClN2O. The molecule has 3 N–H and O–H groups in total. The molecule has 0 aliphatic heterocycles. The molecule has 0 saturated carbocycles. The lowest BCUT2D eigenvalue weighted by atomic mass is 10.1. The molecule has 98 valence electrons. The number of nitrogens with one attached hydrogen (secondary N) is 1. The van der Waals surface area contributed by atoms with E-state index in [1.807, 2.05) is 24.3 Å². The Kier molecular flexibility index (Phi) is 4.64. The maximum absolute atomic E-state index is 6.10. The normalized spacial score (nSPS) is 13.1. The summed E-state index contributed by atoms with van der Waals surface area (Å²) in [4.78, 5) is 0. The summed E-state index contributed by atoms with van der Waals surface area (Å²) in [7, 11) is 0. The van der Waals surface area contributed by atoms with Crippen molar-refractivity contribution >= 4 is 22.6 Å². The molecule has 1 atom stereocenters. The number of furan rings is 1. The Hall–Kier alpha value is -1.03. The van der Waals surface area contributed by atoms with Gasteiger partial charge in [-0.3, -0.25) is 5.84 Å². The quantitative estimate of drug-likeness (QED) is 0.469. The Labute approximate surface area is 112 Å². The summed E-state index contributed by atoms with van der Waals surface area (Å²) in [5.74, 6) is 6.46. The highest BCUT2D eigenvalue weighted by molar-refractivity contribution is 6.34. The highest BCUT2D eigenvalue weighted by Crippen LogP contribution is 2.30. The Morgan fingerprint density at radius 1 is 1.39 bits per heavy atom. The molecule has 0 fully saturated rings. The van der Waals surface area contributed by atoms with E-state index >= 15 is 0 Å². The number of unbranched alkanes of at least 4 members (excludes halogenated alkanes) is 2. The zero-order valence-corrected chi connectivity index (χ0v) is 11.3. The van der Waals surface area contributed by atoms with Gasteiger partial charge in [-0.15, -0.1) is 0 Å². The number of halogens is 1. The van der Waals surface area contributed by atoms with E-state index in [0.29, 0.717) is 5.02 Å². The van der Waals surface area contributed by atoms with Crippen LogP contribution in [0.15, 0.2) is 28.7 Å². The average molecular weight is 267 g/mol. The Morgan fingerprint density at radius 3 is 2.89 bits per heavy atom. The van der Waals surface area contributed by atoms with Crippen molar-refractivity contribution in [3.63, 3.8) is 0 Å². The first-order chi connectivity index (χ1) is 8.76. The van der Waals surface area contributed by atoms with Gasteiger partial charge in [-0.25, -0.2) is 5.43 Å². The minimum absolute atomic E-state index is 0.0556. The van der Waals surface area contributed by atoms with Crippen molar-refractivity contribution in [1.82, 2.24) is 5.43 Å². The van der Waals surface area contributed by atoms with Gasteiger partial charge in [0.05, 0.1) is 11.1 Å². The molecule has 2 aromatic rings. The summed E-state index contributed by atoms with van der Waals surface area (Å²) in [6.45, 7) is 2.19. The summed E-state index contributed by atoms with van der Waals surface area (Å²) in [5, 5.41) is 1.66. The third-order valence-electron chi connectivity index (χ3n) is 3.16. The van der Waals surface area contributed by atoms with Gasteiger partial charge < -0.3 is 4.42 Å². The zero-order chi connectivity index (χ0) is 13.0. The van der Waals surface area contributed by atoms with E-state index in [1.54, 1.807) is 0 Å². The van der Waals surface area contributed by atoms with Crippen molar-refractivity contribution < 1.29 is 4.42 Å². The molecule has 2 rings (SSSR count). The van der Waals surface area contributed by atoms with Crippen molar-refractivity contribution in [1.29, 1.82) is 0 Å². The van der Waals surface area contributed by atoms with Crippen LogP contribution in [0, 0.1) is 0 Å². The molecule has 1 heterocycles. The highest BCUT2D eigenvalue weighted by atomic mass is 35.5. The van der Waals surface area contributed by atoms with Crippen LogP contribution in [0.25, 0.3) is 11.0 Å². The van der Waals surface area contributed by atoms with Crippen molar-refractivity contribution in [2.45, 2.75) is 38.6 Å². The van der Waals surface area contributed by atoms with Gasteiger partial charge >= 0.3 is 0 Å². The van der Waals surface area contributed by atoms with Crippen LogP contribution < -0.4 is 11.3 Å². The van der Waals surface area contributed by atoms with E-state index in [4.69, 9.17) is 21.9 Å². The second kappa shape index (κ2) is 6.23. The molecule has 1 aromatic heterocycles. The fraction of sp³-hybridized carbons (Fsp3) is 0.429. The second-order valence-corrected chi connectivity index (χ2v) is 4.93. The largest absolute Gasteiger partial charge is 0.458 e. The Balaban J connectivity index is 2.20. The van der Waals surface area contributed by atoms with E-state index in [9.17, 15) is 0 Å². The molecule has 3 nitrogen and oxygen atoms in total. The number of fused-ring (bicyclic) bond motifs is 1. The van der Waals surface area contributed by atoms with E-state index in [0.717, 1.165) is 29.6 Å². The van der Waals surface area contributed by atoms with Crippen LogP contribution in [0.3, 0.4) is 0 Å². The fourth-order valence-electron chi connectivity index (χ4n) is 2.13. The SMILES string of the molecule is CCCCCC(NN)c1cc2cccc(Cl)c2o1. The summed E-state index contributed by atoms with van der Waals surface area (Å²) < 4.78 is 5.81. The number of benzene rings is 1. The van der Waals surface area contributed by atoms with Crippen LogP contribution >= 0.6 is 11.6 Å². The van der Waals surface area contributed by atoms with Crippen molar-refractivity contribution in [2.24, 2.45) is 5.84 Å². The molecule has 0 aliphatic rings. The molecule has 0 saturated heterocycles. The van der Waals surface area contributed by atoms with Gasteiger partial charge in [-0.1, -0.05) is 49.9 Å². The molecule has 0 amide bonds. The van der Waals surface area contributed by atoms with Gasteiger partial charge in [0.2, 0.25) is 0 Å². The number of hydrogen-bond acceptors (Lipinski definition) is 3. The number of para-hydroxylation sites is 1. The predicted octanol–water partition coefficient (Wildman–Crippen LogP) is 4.17. The zero-order valence-electron chi connectivity index (χ0n) is 10.6. The van der Waals surface area contributed by atoms with Crippen molar-refractivity contribution in [3.8, 4) is 0 Å². The lowest BCUT2D eigenvalue weighted by molar-refractivity contribution is 0.404.